The average molecular weight is 353 g/mol. The van der Waals surface area contributed by atoms with Gasteiger partial charge in [0.15, 0.2) is 5.96 Å². The molecular weight excluding hydrogens is 332 g/mol. The zero-order valence-corrected chi connectivity index (χ0v) is 15.0. The summed E-state index contributed by atoms with van der Waals surface area (Å²) in [7, 11) is 3.67. The van der Waals surface area contributed by atoms with E-state index in [1.165, 1.54) is 0 Å². The number of aliphatic imine (C=N–C) groups is 1. The SMILES string of the molecule is CN=C(NCC(O)c1ccc(Cl)cc1)N(C)Cc1csc(C)n1. The van der Waals surface area contributed by atoms with E-state index in [1.807, 2.05) is 36.4 Å². The van der Waals surface area contributed by atoms with Crippen LogP contribution in [0.15, 0.2) is 34.6 Å². The highest BCUT2D eigenvalue weighted by Gasteiger charge is 2.12. The molecule has 2 rings (SSSR count). The summed E-state index contributed by atoms with van der Waals surface area (Å²) in [6.07, 6.45) is -0.626. The first-order chi connectivity index (χ1) is 11.0. The molecule has 7 heteroatoms. The number of guanidine groups is 1. The number of nitrogens with zero attached hydrogens (tertiary/aromatic N) is 3. The number of nitrogens with one attached hydrogen (secondary N) is 1. The number of benzene rings is 1. The van der Waals surface area contributed by atoms with E-state index in [-0.39, 0.29) is 0 Å². The van der Waals surface area contributed by atoms with Crippen LogP contribution < -0.4 is 5.32 Å². The Kier molecular flexibility index (Phi) is 6.38. The fourth-order valence-corrected chi connectivity index (χ4v) is 2.90. The summed E-state index contributed by atoms with van der Waals surface area (Å²) in [5.41, 5.74) is 1.83. The smallest absolute Gasteiger partial charge is 0.193 e. The van der Waals surface area contributed by atoms with Crippen LogP contribution in [0.25, 0.3) is 0 Å². The van der Waals surface area contributed by atoms with Crippen LogP contribution in [0.1, 0.15) is 22.4 Å². The van der Waals surface area contributed by atoms with Crippen molar-refractivity contribution in [3.05, 3.63) is 50.9 Å². The van der Waals surface area contributed by atoms with Gasteiger partial charge in [-0.05, 0) is 24.6 Å². The van der Waals surface area contributed by atoms with Crippen molar-refractivity contribution in [2.75, 3.05) is 20.6 Å². The maximum Gasteiger partial charge on any atom is 0.193 e. The second kappa shape index (κ2) is 8.29. The first kappa shape index (κ1) is 17.7. The van der Waals surface area contributed by atoms with E-state index in [0.29, 0.717) is 24.1 Å². The van der Waals surface area contributed by atoms with Crippen LogP contribution in [0.3, 0.4) is 0 Å². The number of hydrogen-bond donors (Lipinski definition) is 2. The van der Waals surface area contributed by atoms with E-state index in [0.717, 1.165) is 16.3 Å². The number of aliphatic hydroxyl groups excluding tert-OH is 1. The summed E-state index contributed by atoms with van der Waals surface area (Å²) in [5, 5.41) is 17.2. The Morgan fingerprint density at radius 3 is 2.70 bits per heavy atom. The molecule has 0 saturated heterocycles. The number of aryl methyl sites for hydroxylation is 1. The van der Waals surface area contributed by atoms with Gasteiger partial charge in [-0.2, -0.15) is 0 Å². The molecule has 0 radical (unpaired) electrons. The zero-order valence-electron chi connectivity index (χ0n) is 13.5. The third kappa shape index (κ3) is 5.20. The lowest BCUT2D eigenvalue weighted by Gasteiger charge is -2.22. The second-order valence-corrected chi connectivity index (χ2v) is 6.71. The van der Waals surface area contributed by atoms with Gasteiger partial charge in [0.1, 0.15) is 0 Å². The van der Waals surface area contributed by atoms with Crippen molar-refractivity contribution in [3.63, 3.8) is 0 Å². The minimum Gasteiger partial charge on any atom is -0.387 e. The van der Waals surface area contributed by atoms with Crippen molar-refractivity contribution in [3.8, 4) is 0 Å². The van der Waals surface area contributed by atoms with E-state index in [9.17, 15) is 5.11 Å². The second-order valence-electron chi connectivity index (χ2n) is 5.21. The van der Waals surface area contributed by atoms with Gasteiger partial charge >= 0.3 is 0 Å². The van der Waals surface area contributed by atoms with E-state index >= 15 is 0 Å². The highest BCUT2D eigenvalue weighted by Crippen LogP contribution is 2.16. The van der Waals surface area contributed by atoms with Gasteiger partial charge in [-0.15, -0.1) is 11.3 Å². The third-order valence-electron chi connectivity index (χ3n) is 3.35. The molecule has 1 unspecified atom stereocenters. The lowest BCUT2D eigenvalue weighted by atomic mass is 10.1. The molecule has 0 fully saturated rings. The lowest BCUT2D eigenvalue weighted by Crippen LogP contribution is -2.40. The maximum absolute atomic E-state index is 10.2. The highest BCUT2D eigenvalue weighted by molar-refractivity contribution is 7.09. The molecule has 0 amide bonds. The first-order valence-electron chi connectivity index (χ1n) is 7.26. The number of aromatic nitrogens is 1. The summed E-state index contributed by atoms with van der Waals surface area (Å²) in [5.74, 6) is 0.712. The molecule has 0 bridgehead atoms. The Morgan fingerprint density at radius 1 is 1.43 bits per heavy atom. The molecule has 1 atom stereocenters. The minimum atomic E-state index is -0.626. The summed E-state index contributed by atoms with van der Waals surface area (Å²) in [6.45, 7) is 3.03. The normalized spacial score (nSPS) is 13.0. The Balaban J connectivity index is 1.90. The molecule has 1 heterocycles. The lowest BCUT2D eigenvalue weighted by molar-refractivity contribution is 0.179. The molecule has 2 N–H and O–H groups in total. The van der Waals surface area contributed by atoms with Crippen molar-refractivity contribution in [1.29, 1.82) is 0 Å². The van der Waals surface area contributed by atoms with Gasteiger partial charge < -0.3 is 15.3 Å². The van der Waals surface area contributed by atoms with Crippen molar-refractivity contribution in [2.45, 2.75) is 19.6 Å². The van der Waals surface area contributed by atoms with Crippen LogP contribution in [0.4, 0.5) is 0 Å². The predicted octanol–water partition coefficient (Wildman–Crippen LogP) is 2.85. The van der Waals surface area contributed by atoms with Crippen LogP contribution in [-0.2, 0) is 6.54 Å². The van der Waals surface area contributed by atoms with Gasteiger partial charge in [-0.3, -0.25) is 4.99 Å². The Morgan fingerprint density at radius 2 is 2.13 bits per heavy atom. The third-order valence-corrected chi connectivity index (χ3v) is 4.42. The van der Waals surface area contributed by atoms with Crippen LogP contribution in [0, 0.1) is 6.92 Å². The van der Waals surface area contributed by atoms with Crippen LogP contribution in [0.2, 0.25) is 5.02 Å². The van der Waals surface area contributed by atoms with E-state index in [1.54, 1.807) is 30.5 Å². The molecule has 1 aromatic carbocycles. The maximum atomic E-state index is 10.2. The number of halogens is 1. The standard InChI is InChI=1S/C16H21ClN4OS/c1-11-20-14(10-23-11)9-21(3)16(18-2)19-8-15(22)12-4-6-13(17)7-5-12/h4-7,10,15,22H,8-9H2,1-3H3,(H,18,19). The summed E-state index contributed by atoms with van der Waals surface area (Å²) >= 11 is 7.49. The first-order valence-corrected chi connectivity index (χ1v) is 8.51. The fraction of sp³-hybridized carbons (Fsp3) is 0.375. The number of rotatable bonds is 5. The molecule has 1 aromatic heterocycles. The molecule has 124 valence electrons. The molecule has 5 nitrogen and oxygen atoms in total. The topological polar surface area (TPSA) is 60.8 Å². The fourth-order valence-electron chi connectivity index (χ4n) is 2.17. The van der Waals surface area contributed by atoms with Crippen LogP contribution >= 0.6 is 22.9 Å². The monoisotopic (exact) mass is 352 g/mol. The molecular formula is C16H21ClN4OS. The van der Waals surface area contributed by atoms with Crippen LogP contribution in [-0.4, -0.2) is 41.6 Å². The molecule has 0 saturated carbocycles. The quantitative estimate of drug-likeness (QED) is 0.641. The van der Waals surface area contributed by atoms with E-state index < -0.39 is 6.10 Å². The summed E-state index contributed by atoms with van der Waals surface area (Å²) in [4.78, 5) is 10.7. The van der Waals surface area contributed by atoms with Crippen molar-refractivity contribution >= 4 is 28.9 Å². The average Bonchev–Trinajstić information content (AvgIpc) is 2.93. The van der Waals surface area contributed by atoms with Gasteiger partial charge in [-0.25, -0.2) is 4.98 Å². The Labute approximate surface area is 145 Å². The summed E-state index contributed by atoms with van der Waals surface area (Å²) < 4.78 is 0. The Bertz CT molecular complexity index is 656. The summed E-state index contributed by atoms with van der Waals surface area (Å²) in [6, 6.07) is 7.18. The molecule has 0 aliphatic rings. The molecule has 23 heavy (non-hydrogen) atoms. The van der Waals surface area contributed by atoms with E-state index in [4.69, 9.17) is 11.6 Å². The van der Waals surface area contributed by atoms with Gasteiger partial charge in [0.2, 0.25) is 0 Å². The van der Waals surface area contributed by atoms with Crippen molar-refractivity contribution in [1.82, 2.24) is 15.2 Å². The van der Waals surface area contributed by atoms with Gasteiger partial charge in [0.25, 0.3) is 0 Å². The molecule has 0 aliphatic heterocycles. The molecule has 0 spiro atoms. The molecule has 0 aliphatic carbocycles. The zero-order chi connectivity index (χ0) is 16.8. The number of hydrogen-bond acceptors (Lipinski definition) is 4. The number of aliphatic hydroxyl groups is 1. The van der Waals surface area contributed by atoms with Gasteiger partial charge in [0, 0.05) is 31.0 Å². The molecule has 2 aromatic rings. The van der Waals surface area contributed by atoms with Crippen LogP contribution in [0.5, 0.6) is 0 Å². The van der Waals surface area contributed by atoms with Gasteiger partial charge in [-0.1, -0.05) is 23.7 Å². The largest absolute Gasteiger partial charge is 0.387 e. The van der Waals surface area contributed by atoms with Crippen molar-refractivity contribution in [2.24, 2.45) is 4.99 Å². The predicted molar refractivity (Wildman–Crippen MR) is 96.1 cm³/mol. The Hall–Kier alpha value is -1.63. The number of thiazole rings is 1. The van der Waals surface area contributed by atoms with Crippen molar-refractivity contribution < 1.29 is 5.11 Å². The minimum absolute atomic E-state index is 0.370. The highest BCUT2D eigenvalue weighted by atomic mass is 35.5. The van der Waals surface area contributed by atoms with Gasteiger partial charge in [0.05, 0.1) is 23.4 Å². The van der Waals surface area contributed by atoms with E-state index in [2.05, 4.69) is 15.3 Å².